The van der Waals surface area contributed by atoms with E-state index in [2.05, 4.69) is 4.90 Å². The van der Waals surface area contributed by atoms with E-state index in [4.69, 9.17) is 11.6 Å². The number of imide groups is 1. The highest BCUT2D eigenvalue weighted by Gasteiger charge is 2.36. The number of halogens is 1. The van der Waals surface area contributed by atoms with Gasteiger partial charge in [-0.05, 0) is 24.6 Å². The lowest BCUT2D eigenvalue weighted by Gasteiger charge is -2.37. The van der Waals surface area contributed by atoms with Gasteiger partial charge in [-0.1, -0.05) is 17.7 Å². The average molecular weight is 365 g/mol. The number of carbonyl (C=O) groups excluding carboxylic acids is 3. The highest BCUT2D eigenvalue weighted by molar-refractivity contribution is 6.30. The maximum atomic E-state index is 12.4. The maximum Gasteiger partial charge on any atom is 0.327 e. The molecule has 4 amide bonds. The molecule has 0 spiro atoms. The van der Waals surface area contributed by atoms with E-state index in [1.165, 1.54) is 4.90 Å². The molecule has 1 aromatic rings. The Morgan fingerprint density at radius 1 is 1.16 bits per heavy atom. The van der Waals surface area contributed by atoms with E-state index in [1.807, 2.05) is 25.1 Å². The molecule has 8 heteroatoms. The minimum Gasteiger partial charge on any atom is -0.368 e. The quantitative estimate of drug-likeness (QED) is 0.756. The number of nitrogens with zero attached hydrogens (tertiary/aromatic N) is 4. The molecule has 7 nitrogen and oxygen atoms in total. The number of hydrogen-bond donors (Lipinski definition) is 0. The Bertz CT molecular complexity index is 716. The van der Waals surface area contributed by atoms with Crippen LogP contribution in [0.3, 0.4) is 0 Å². The van der Waals surface area contributed by atoms with Gasteiger partial charge in [0.25, 0.3) is 5.91 Å². The van der Waals surface area contributed by atoms with Crippen molar-refractivity contribution in [3.63, 3.8) is 0 Å². The fourth-order valence-corrected chi connectivity index (χ4v) is 3.35. The summed E-state index contributed by atoms with van der Waals surface area (Å²) in [7, 11) is 1.55. The number of piperazine rings is 1. The predicted octanol–water partition coefficient (Wildman–Crippen LogP) is 1.19. The van der Waals surface area contributed by atoms with Crippen molar-refractivity contribution in [2.75, 3.05) is 51.2 Å². The molecule has 0 radical (unpaired) electrons. The van der Waals surface area contributed by atoms with Gasteiger partial charge in [-0.3, -0.25) is 14.5 Å². The Morgan fingerprint density at radius 3 is 2.44 bits per heavy atom. The molecule has 3 rings (SSSR count). The Morgan fingerprint density at radius 2 is 1.84 bits per heavy atom. The first-order valence-electron chi connectivity index (χ1n) is 8.21. The monoisotopic (exact) mass is 364 g/mol. The molecule has 1 aromatic carbocycles. The van der Waals surface area contributed by atoms with Gasteiger partial charge in [0, 0.05) is 43.9 Å². The van der Waals surface area contributed by atoms with Crippen molar-refractivity contribution in [3.05, 3.63) is 28.8 Å². The second-order valence-corrected chi connectivity index (χ2v) is 6.85. The topological polar surface area (TPSA) is 64.2 Å². The predicted molar refractivity (Wildman–Crippen MR) is 94.7 cm³/mol. The number of urea groups is 1. The highest BCUT2D eigenvalue weighted by Crippen LogP contribution is 2.25. The molecule has 25 heavy (non-hydrogen) atoms. The number of carbonyl (C=O) groups is 3. The number of amides is 4. The molecule has 2 heterocycles. The van der Waals surface area contributed by atoms with Gasteiger partial charge in [-0.25, -0.2) is 4.79 Å². The van der Waals surface area contributed by atoms with Gasteiger partial charge < -0.3 is 14.7 Å². The van der Waals surface area contributed by atoms with Crippen LogP contribution in [0.25, 0.3) is 0 Å². The molecule has 0 N–H and O–H groups in total. The molecule has 2 aliphatic rings. The van der Waals surface area contributed by atoms with Crippen LogP contribution in [0.5, 0.6) is 0 Å². The van der Waals surface area contributed by atoms with E-state index in [9.17, 15) is 14.4 Å². The van der Waals surface area contributed by atoms with E-state index in [0.717, 1.165) is 16.2 Å². The van der Waals surface area contributed by atoms with Crippen LogP contribution < -0.4 is 4.90 Å². The van der Waals surface area contributed by atoms with Crippen LogP contribution in [0.2, 0.25) is 5.02 Å². The zero-order valence-electron chi connectivity index (χ0n) is 14.4. The maximum absolute atomic E-state index is 12.4. The van der Waals surface area contributed by atoms with Gasteiger partial charge in [0.05, 0.1) is 0 Å². The lowest BCUT2D eigenvalue weighted by Crippen LogP contribution is -2.52. The smallest absolute Gasteiger partial charge is 0.327 e. The lowest BCUT2D eigenvalue weighted by molar-refractivity contribution is -0.136. The van der Waals surface area contributed by atoms with E-state index in [0.29, 0.717) is 31.2 Å². The molecule has 0 unspecified atom stereocenters. The van der Waals surface area contributed by atoms with E-state index >= 15 is 0 Å². The van der Waals surface area contributed by atoms with Crippen molar-refractivity contribution in [1.82, 2.24) is 14.7 Å². The summed E-state index contributed by atoms with van der Waals surface area (Å²) in [5.74, 6) is -0.520. The van der Waals surface area contributed by atoms with Crippen molar-refractivity contribution in [1.29, 1.82) is 0 Å². The molecule has 0 atom stereocenters. The Kier molecular flexibility index (Phi) is 4.85. The molecule has 134 valence electrons. The summed E-state index contributed by atoms with van der Waals surface area (Å²) in [6, 6.07) is 5.37. The Balaban J connectivity index is 1.59. The number of likely N-dealkylation sites (N-methyl/N-ethyl adjacent to an activating group) is 1. The van der Waals surface area contributed by atoms with Crippen molar-refractivity contribution in [2.45, 2.75) is 6.92 Å². The van der Waals surface area contributed by atoms with Crippen molar-refractivity contribution < 1.29 is 14.4 Å². The molecule has 0 aliphatic carbocycles. The molecule has 0 saturated carbocycles. The van der Waals surface area contributed by atoms with Gasteiger partial charge in [0.2, 0.25) is 5.91 Å². The van der Waals surface area contributed by atoms with Crippen LogP contribution in [0, 0.1) is 6.92 Å². The SMILES string of the molecule is Cc1ccc(Cl)cc1N1CCN(C(=O)CN2C(=O)CN(C)C2=O)CC1. The molecule has 2 aliphatic heterocycles. The highest BCUT2D eigenvalue weighted by atomic mass is 35.5. The minimum absolute atomic E-state index is 0.0356. The molecule has 2 saturated heterocycles. The summed E-state index contributed by atoms with van der Waals surface area (Å²) >= 11 is 6.08. The molecule has 0 bridgehead atoms. The summed E-state index contributed by atoms with van der Waals surface area (Å²) in [4.78, 5) is 42.4. The third-order valence-corrected chi connectivity index (χ3v) is 4.90. The van der Waals surface area contributed by atoms with Gasteiger partial charge in [0.15, 0.2) is 0 Å². The summed E-state index contributed by atoms with van der Waals surface area (Å²) in [6.07, 6.45) is 0. The van der Waals surface area contributed by atoms with Gasteiger partial charge in [-0.15, -0.1) is 0 Å². The van der Waals surface area contributed by atoms with Gasteiger partial charge >= 0.3 is 6.03 Å². The number of rotatable bonds is 3. The molecular formula is C17H21ClN4O3. The molecule has 0 aromatic heterocycles. The fraction of sp³-hybridized carbons (Fsp3) is 0.471. The third-order valence-electron chi connectivity index (χ3n) is 4.67. The van der Waals surface area contributed by atoms with E-state index in [1.54, 1.807) is 11.9 Å². The lowest BCUT2D eigenvalue weighted by atomic mass is 10.1. The summed E-state index contributed by atoms with van der Waals surface area (Å²) in [5.41, 5.74) is 2.21. The first kappa shape index (κ1) is 17.5. The van der Waals surface area contributed by atoms with Gasteiger partial charge in [-0.2, -0.15) is 0 Å². The second-order valence-electron chi connectivity index (χ2n) is 6.42. The largest absolute Gasteiger partial charge is 0.368 e. The number of anilines is 1. The summed E-state index contributed by atoms with van der Waals surface area (Å²) < 4.78 is 0. The summed E-state index contributed by atoms with van der Waals surface area (Å²) in [5, 5.41) is 0.689. The van der Waals surface area contributed by atoms with Crippen LogP contribution in [0.4, 0.5) is 10.5 Å². The standard InChI is InChI=1S/C17H21ClN4O3/c1-12-3-4-13(18)9-14(12)20-5-7-21(8-6-20)15(23)11-22-16(24)10-19(2)17(22)25/h3-4,9H,5-8,10-11H2,1-2H3. The number of benzene rings is 1. The normalized spacial score (nSPS) is 18.4. The van der Waals surface area contributed by atoms with E-state index < -0.39 is 6.03 Å². The number of aryl methyl sites for hydroxylation is 1. The van der Waals surface area contributed by atoms with Crippen LogP contribution >= 0.6 is 11.6 Å². The summed E-state index contributed by atoms with van der Waals surface area (Å²) in [6.45, 7) is 4.37. The van der Waals surface area contributed by atoms with E-state index in [-0.39, 0.29) is 24.9 Å². The van der Waals surface area contributed by atoms with Crippen LogP contribution in [0.15, 0.2) is 18.2 Å². The zero-order valence-corrected chi connectivity index (χ0v) is 15.1. The minimum atomic E-state index is -0.411. The van der Waals surface area contributed by atoms with Crippen molar-refractivity contribution in [3.8, 4) is 0 Å². The average Bonchev–Trinajstić information content (AvgIpc) is 2.83. The van der Waals surface area contributed by atoms with Gasteiger partial charge in [0.1, 0.15) is 13.1 Å². The molecular weight excluding hydrogens is 344 g/mol. The number of hydrogen-bond acceptors (Lipinski definition) is 4. The second kappa shape index (κ2) is 6.92. The zero-order chi connectivity index (χ0) is 18.1. The van der Waals surface area contributed by atoms with Crippen LogP contribution in [-0.2, 0) is 9.59 Å². The molecule has 2 fully saturated rings. The van der Waals surface area contributed by atoms with Crippen molar-refractivity contribution in [2.24, 2.45) is 0 Å². The first-order chi connectivity index (χ1) is 11.9. The fourth-order valence-electron chi connectivity index (χ4n) is 3.18. The Hall–Kier alpha value is -2.28. The Labute approximate surface area is 151 Å². The first-order valence-corrected chi connectivity index (χ1v) is 8.59. The van der Waals surface area contributed by atoms with Crippen LogP contribution in [-0.4, -0.2) is 78.9 Å². The third kappa shape index (κ3) is 3.56. The van der Waals surface area contributed by atoms with Crippen LogP contribution in [0.1, 0.15) is 5.56 Å². The van der Waals surface area contributed by atoms with Crippen molar-refractivity contribution >= 4 is 35.1 Å².